The van der Waals surface area contributed by atoms with Gasteiger partial charge >= 0.3 is 6.18 Å². The van der Waals surface area contributed by atoms with Gasteiger partial charge in [0, 0.05) is 31.0 Å². The predicted molar refractivity (Wildman–Crippen MR) is 112 cm³/mol. The van der Waals surface area contributed by atoms with E-state index in [-0.39, 0.29) is 41.9 Å². The number of piperidine rings is 1. The number of alkyl halides is 3. The first-order valence-corrected chi connectivity index (χ1v) is 12.8. The molecular weight excluding hydrogens is 484 g/mol. The highest BCUT2D eigenvalue weighted by atomic mass is 32.2. The highest BCUT2D eigenvalue weighted by molar-refractivity contribution is 7.88. The Labute approximate surface area is 191 Å². The fourth-order valence-electron chi connectivity index (χ4n) is 3.90. The zero-order valence-corrected chi connectivity index (χ0v) is 19.1. The van der Waals surface area contributed by atoms with Crippen LogP contribution in [0.2, 0.25) is 0 Å². The zero-order valence-electron chi connectivity index (χ0n) is 17.4. The Morgan fingerprint density at radius 1 is 1.24 bits per heavy atom. The number of hydrogen-bond donors (Lipinski definition) is 1. The van der Waals surface area contributed by atoms with E-state index in [9.17, 15) is 26.0 Å². The van der Waals surface area contributed by atoms with Gasteiger partial charge in [-0.05, 0) is 25.7 Å². The molecule has 3 heterocycles. The molecule has 0 aromatic carbocycles. The van der Waals surface area contributed by atoms with Crippen molar-refractivity contribution in [1.82, 2.24) is 19.3 Å². The number of aromatic nitrogens is 3. The molecule has 0 bridgehead atoms. The summed E-state index contributed by atoms with van der Waals surface area (Å²) < 4.78 is 80.2. The van der Waals surface area contributed by atoms with Gasteiger partial charge in [0.1, 0.15) is 5.69 Å². The van der Waals surface area contributed by atoms with Gasteiger partial charge in [0.15, 0.2) is 11.5 Å². The van der Waals surface area contributed by atoms with E-state index in [1.165, 1.54) is 4.31 Å². The third kappa shape index (κ3) is 5.10. The normalized spacial score (nSPS) is 22.5. The Kier molecular flexibility index (Phi) is 6.32. The molecule has 1 saturated carbocycles. The van der Waals surface area contributed by atoms with Crippen molar-refractivity contribution < 1.29 is 26.0 Å². The summed E-state index contributed by atoms with van der Waals surface area (Å²) in [5, 5.41) is 12.1. The number of hydrogen-bond acceptors (Lipinski definition) is 8. The van der Waals surface area contributed by atoms with E-state index in [0.717, 1.165) is 23.8 Å². The van der Waals surface area contributed by atoms with Crippen LogP contribution in [0.5, 0.6) is 0 Å². The van der Waals surface area contributed by atoms with Crippen molar-refractivity contribution in [1.29, 1.82) is 5.26 Å². The molecule has 1 N–H and O–H groups in total. The van der Waals surface area contributed by atoms with Crippen LogP contribution in [0.4, 0.5) is 23.5 Å². The van der Waals surface area contributed by atoms with Crippen LogP contribution in [0, 0.1) is 23.1 Å². The Morgan fingerprint density at radius 2 is 1.91 bits per heavy atom. The molecule has 8 nitrogen and oxygen atoms in total. The lowest BCUT2D eigenvalue weighted by Gasteiger charge is -2.30. The Balaban J connectivity index is 1.58. The van der Waals surface area contributed by atoms with E-state index < -0.39 is 38.3 Å². The summed E-state index contributed by atoms with van der Waals surface area (Å²) in [6, 6.07) is 1.87. The van der Waals surface area contributed by atoms with E-state index in [1.807, 2.05) is 0 Å². The van der Waals surface area contributed by atoms with Crippen LogP contribution >= 0.6 is 11.3 Å². The van der Waals surface area contributed by atoms with Gasteiger partial charge in [-0.3, -0.25) is 0 Å². The lowest BCUT2D eigenvalue weighted by molar-refractivity contribution is -0.140. The van der Waals surface area contributed by atoms with Crippen molar-refractivity contribution in [2.24, 2.45) is 5.92 Å². The fraction of sp³-hybridized carbons (Fsp3) is 0.579. The van der Waals surface area contributed by atoms with Gasteiger partial charge in [-0.15, -0.1) is 11.3 Å². The van der Waals surface area contributed by atoms with Crippen LogP contribution in [0.1, 0.15) is 42.3 Å². The maximum Gasteiger partial charge on any atom is 0.434 e. The number of nitrogens with zero attached hydrogens (tertiary/aromatic N) is 5. The summed E-state index contributed by atoms with van der Waals surface area (Å²) >= 11 is 0.736. The van der Waals surface area contributed by atoms with Crippen LogP contribution in [-0.2, 0) is 16.2 Å². The summed E-state index contributed by atoms with van der Waals surface area (Å²) in [4.78, 5) is 11.2. The van der Waals surface area contributed by atoms with Crippen molar-refractivity contribution in [3.8, 4) is 16.6 Å². The molecule has 4 rings (SSSR count). The molecular formula is C19H20F4N6O2S2. The molecule has 2 aromatic rings. The summed E-state index contributed by atoms with van der Waals surface area (Å²) in [7, 11) is -3.30. The van der Waals surface area contributed by atoms with Crippen LogP contribution < -0.4 is 5.32 Å². The Bertz CT molecular complexity index is 1180. The summed E-state index contributed by atoms with van der Waals surface area (Å²) in [5.41, 5.74) is -1.69. The number of nitriles is 1. The molecule has 0 radical (unpaired) electrons. The third-order valence-corrected chi connectivity index (χ3v) is 8.33. The summed E-state index contributed by atoms with van der Waals surface area (Å²) in [5.74, 6) is -1.52. The molecule has 2 aliphatic rings. The highest BCUT2D eigenvalue weighted by Crippen LogP contribution is 2.48. The molecule has 2 aromatic heterocycles. The average Bonchev–Trinajstić information content (AvgIpc) is 3.14. The fourth-order valence-corrected chi connectivity index (χ4v) is 5.98. The maximum absolute atomic E-state index is 14.5. The van der Waals surface area contributed by atoms with E-state index in [4.69, 9.17) is 5.26 Å². The smallest absolute Gasteiger partial charge is 0.351 e. The quantitative estimate of drug-likeness (QED) is 0.619. The minimum absolute atomic E-state index is 0.0412. The number of rotatable bonds is 5. The van der Waals surface area contributed by atoms with Crippen LogP contribution in [0.25, 0.3) is 10.6 Å². The van der Waals surface area contributed by atoms with Crippen molar-refractivity contribution in [3.63, 3.8) is 0 Å². The van der Waals surface area contributed by atoms with Crippen molar-refractivity contribution in [2.75, 3.05) is 24.7 Å². The minimum atomic E-state index is -4.80. The average molecular weight is 505 g/mol. The second kappa shape index (κ2) is 8.77. The summed E-state index contributed by atoms with van der Waals surface area (Å²) in [6.07, 6.45) is -1.12. The van der Waals surface area contributed by atoms with Crippen LogP contribution in [-0.4, -0.2) is 53.1 Å². The first-order valence-electron chi connectivity index (χ1n) is 10.2. The second-order valence-electron chi connectivity index (χ2n) is 8.19. The van der Waals surface area contributed by atoms with E-state index in [0.29, 0.717) is 25.7 Å². The van der Waals surface area contributed by atoms with E-state index in [1.54, 1.807) is 0 Å². The van der Waals surface area contributed by atoms with Gasteiger partial charge in [0.25, 0.3) is 0 Å². The lowest BCUT2D eigenvalue weighted by Crippen LogP contribution is -2.42. The molecule has 1 aliphatic heterocycles. The van der Waals surface area contributed by atoms with Gasteiger partial charge in [0.05, 0.1) is 28.4 Å². The van der Waals surface area contributed by atoms with E-state index in [2.05, 4.69) is 26.3 Å². The molecule has 0 spiro atoms. The van der Waals surface area contributed by atoms with Gasteiger partial charge in [-0.1, -0.05) is 0 Å². The minimum Gasteiger partial charge on any atom is -0.351 e. The maximum atomic E-state index is 14.5. The van der Waals surface area contributed by atoms with Crippen molar-refractivity contribution in [2.45, 2.75) is 43.8 Å². The molecule has 1 aliphatic carbocycles. The molecule has 14 heteroatoms. The first-order chi connectivity index (χ1) is 15.5. The summed E-state index contributed by atoms with van der Waals surface area (Å²) in [6.45, 7) is 0.568. The molecule has 0 atom stereocenters. The Morgan fingerprint density at radius 3 is 2.48 bits per heavy atom. The molecule has 2 fully saturated rings. The van der Waals surface area contributed by atoms with Gasteiger partial charge < -0.3 is 5.32 Å². The number of halogens is 4. The molecule has 33 heavy (non-hydrogen) atoms. The second-order valence-corrected chi connectivity index (χ2v) is 11.2. The van der Waals surface area contributed by atoms with Gasteiger partial charge in [-0.2, -0.15) is 18.4 Å². The Hall–Kier alpha value is -2.37. The van der Waals surface area contributed by atoms with Gasteiger partial charge in [0.2, 0.25) is 16.0 Å². The molecule has 0 unspecified atom stereocenters. The van der Waals surface area contributed by atoms with Crippen LogP contribution in [0.3, 0.4) is 0 Å². The third-order valence-electron chi connectivity index (χ3n) is 5.80. The molecule has 1 saturated heterocycles. The first kappa shape index (κ1) is 23.8. The van der Waals surface area contributed by atoms with Crippen LogP contribution in [0.15, 0.2) is 6.20 Å². The topological polar surface area (TPSA) is 112 Å². The number of thiazole rings is 1. The lowest BCUT2D eigenvalue weighted by atomic mass is 9.76. The largest absolute Gasteiger partial charge is 0.434 e. The van der Waals surface area contributed by atoms with Crippen molar-refractivity contribution in [3.05, 3.63) is 22.7 Å². The standard InChI is InChI=1S/C19H20F4N6O2S2/c1-33(30,31)29-4-2-12(3-5-29)26-18-25-9-13(20)14(27-18)15-16(19(21,22)23)28-17(32-15)11-6-10(7-11)8-24/h9-12H,2-7H2,1H3,(H,25,26,27). The molecule has 0 amide bonds. The predicted octanol–water partition coefficient (Wildman–Crippen LogP) is 3.61. The van der Waals surface area contributed by atoms with Gasteiger partial charge in [-0.25, -0.2) is 32.1 Å². The monoisotopic (exact) mass is 504 g/mol. The number of anilines is 1. The van der Waals surface area contributed by atoms with Crippen molar-refractivity contribution >= 4 is 27.3 Å². The number of nitrogens with one attached hydrogen (secondary N) is 1. The zero-order chi connectivity index (χ0) is 24.0. The number of sulfonamides is 1. The van der Waals surface area contributed by atoms with E-state index >= 15 is 0 Å². The SMILES string of the molecule is CS(=O)(=O)N1CCC(Nc2ncc(F)c(-c3sc(C4CC(C#N)C4)nc3C(F)(F)F)n2)CC1. The molecule has 178 valence electrons. The highest BCUT2D eigenvalue weighted by Gasteiger charge is 2.42.